The van der Waals surface area contributed by atoms with Gasteiger partial charge >= 0.3 is 129 Å². The van der Waals surface area contributed by atoms with Gasteiger partial charge in [-0.2, -0.15) is 0 Å². The fourth-order valence-corrected chi connectivity index (χ4v) is 3.55. The number of esters is 1. The van der Waals surface area contributed by atoms with E-state index in [0.717, 1.165) is 24.5 Å². The monoisotopic (exact) mass is 312 g/mol. The molecule has 110 valence electrons. The van der Waals surface area contributed by atoms with E-state index in [-0.39, 0.29) is 12.1 Å². The minimum absolute atomic E-state index is 0.0872. The van der Waals surface area contributed by atoms with Crippen molar-refractivity contribution in [2.24, 2.45) is 0 Å². The molecule has 0 aromatic heterocycles. The second-order valence-electron chi connectivity index (χ2n) is 4.65. The molecule has 1 atom stereocenters. The van der Waals surface area contributed by atoms with Crippen molar-refractivity contribution in [1.29, 1.82) is 0 Å². The maximum absolute atomic E-state index is 11.0. The molecule has 2 nitrogen and oxygen atoms in total. The van der Waals surface area contributed by atoms with Crippen LogP contribution >= 0.6 is 0 Å². The van der Waals surface area contributed by atoms with Crippen molar-refractivity contribution >= 4 is 12.0 Å². The standard InChI is InChI=1S/C10H11.C7H13O2.Cr/c1-2-3-7-10-8-5-4-6-9-10;1-4-7(5-2)9-6(3)8;/h4-9H,2H2,1H3;7H,1,4-5H2,2-3H3;. The number of carbonyl (C=O) groups excluding carboxylic acids is 1. The molecule has 1 rings (SSSR count). The van der Waals surface area contributed by atoms with Crippen LogP contribution in [0.1, 0.15) is 45.6 Å². The summed E-state index contributed by atoms with van der Waals surface area (Å²) in [4.78, 5) is 11.0. The molecule has 0 heterocycles. The topological polar surface area (TPSA) is 26.3 Å². The van der Waals surface area contributed by atoms with Crippen molar-refractivity contribution in [3.05, 3.63) is 40.3 Å². The average molecular weight is 312 g/mol. The van der Waals surface area contributed by atoms with Crippen molar-refractivity contribution in [1.82, 2.24) is 0 Å². The third-order valence-corrected chi connectivity index (χ3v) is 4.89. The molecule has 0 saturated heterocycles. The third-order valence-electron chi connectivity index (χ3n) is 2.99. The average Bonchev–Trinajstić information content (AvgIpc) is 2.45. The fraction of sp³-hybridized carbons (Fsp3) is 0.471. The van der Waals surface area contributed by atoms with Gasteiger partial charge in [-0.15, -0.1) is 0 Å². The molecule has 1 aromatic carbocycles. The van der Waals surface area contributed by atoms with Gasteiger partial charge in [-0.25, -0.2) is 0 Å². The summed E-state index contributed by atoms with van der Waals surface area (Å²) in [6, 6.07) is 10.5. The van der Waals surface area contributed by atoms with E-state index in [1.54, 1.807) is 0 Å². The number of benzene rings is 1. The van der Waals surface area contributed by atoms with Crippen molar-refractivity contribution in [2.45, 2.75) is 51.4 Å². The zero-order valence-corrected chi connectivity index (χ0v) is 13.9. The first-order valence-electron chi connectivity index (χ1n) is 7.21. The van der Waals surface area contributed by atoms with Crippen LogP contribution in [0.3, 0.4) is 0 Å². The molecule has 20 heavy (non-hydrogen) atoms. The summed E-state index contributed by atoms with van der Waals surface area (Å²) in [7, 11) is 0. The predicted octanol–water partition coefficient (Wildman–Crippen LogP) is 4.67. The fourth-order valence-electron chi connectivity index (χ4n) is 1.88. The van der Waals surface area contributed by atoms with Gasteiger partial charge in [0.1, 0.15) is 0 Å². The summed E-state index contributed by atoms with van der Waals surface area (Å²) in [6.07, 6.45) is 5.36. The Balaban J connectivity index is 2.45. The van der Waals surface area contributed by atoms with Crippen LogP contribution in [0.4, 0.5) is 0 Å². The Morgan fingerprint density at radius 1 is 1.30 bits per heavy atom. The van der Waals surface area contributed by atoms with Crippen LogP contribution in [0, 0.1) is 0 Å². The summed E-state index contributed by atoms with van der Waals surface area (Å²) in [5.41, 5.74) is 1.28. The predicted molar refractivity (Wildman–Crippen MR) is 80.0 cm³/mol. The van der Waals surface area contributed by atoms with Gasteiger partial charge in [-0.3, -0.25) is 0 Å². The van der Waals surface area contributed by atoms with E-state index in [2.05, 4.69) is 44.2 Å². The van der Waals surface area contributed by atoms with E-state index >= 15 is 0 Å². The first-order valence-corrected chi connectivity index (χ1v) is 8.75. The van der Waals surface area contributed by atoms with Crippen molar-refractivity contribution in [3.63, 3.8) is 0 Å². The Labute approximate surface area is 128 Å². The van der Waals surface area contributed by atoms with E-state index in [1.807, 2.05) is 6.07 Å². The third kappa shape index (κ3) is 6.94. The minimum atomic E-state index is -0.167. The van der Waals surface area contributed by atoms with Crippen LogP contribution in [0.2, 0.25) is 5.28 Å². The van der Waals surface area contributed by atoms with E-state index < -0.39 is 0 Å². The SMILES string of the molecule is CC[C](=Cc1ccccc1)[Cr][CH2]CC(CC)OC(C)=O. The van der Waals surface area contributed by atoms with Crippen LogP contribution in [0.15, 0.2) is 34.8 Å². The van der Waals surface area contributed by atoms with Crippen LogP contribution in [-0.2, 0) is 24.8 Å². The van der Waals surface area contributed by atoms with Gasteiger partial charge in [0.15, 0.2) is 0 Å². The molecule has 0 aliphatic carbocycles. The normalized spacial score (nSPS) is 13.1. The van der Waals surface area contributed by atoms with E-state index in [0.29, 0.717) is 15.2 Å². The summed E-state index contributed by atoms with van der Waals surface area (Å²) in [5, 5.41) is 1.13. The molecule has 1 aromatic rings. The quantitative estimate of drug-likeness (QED) is 0.652. The number of hydrogen-bond acceptors (Lipinski definition) is 2. The Morgan fingerprint density at radius 2 is 2.00 bits per heavy atom. The number of carbonyl (C=O) groups is 1. The van der Waals surface area contributed by atoms with Gasteiger partial charge in [0, 0.05) is 0 Å². The molecule has 0 aliphatic heterocycles. The summed E-state index contributed by atoms with van der Waals surface area (Å²) >= 11 is 0.484. The second kappa shape index (κ2) is 9.80. The molecular formula is C17H24CrO2. The van der Waals surface area contributed by atoms with Crippen LogP contribution < -0.4 is 0 Å². The van der Waals surface area contributed by atoms with E-state index in [4.69, 9.17) is 4.74 Å². The van der Waals surface area contributed by atoms with Gasteiger partial charge in [0.25, 0.3) is 0 Å². The number of ether oxygens (including phenoxy) is 1. The molecule has 0 saturated carbocycles. The van der Waals surface area contributed by atoms with Crippen molar-refractivity contribution < 1.29 is 24.8 Å². The molecule has 1 unspecified atom stereocenters. The van der Waals surface area contributed by atoms with Crippen molar-refractivity contribution in [2.75, 3.05) is 0 Å². The van der Waals surface area contributed by atoms with Crippen LogP contribution in [0.25, 0.3) is 6.08 Å². The van der Waals surface area contributed by atoms with Crippen LogP contribution in [-0.4, -0.2) is 12.1 Å². The molecule has 0 radical (unpaired) electrons. The molecule has 0 spiro atoms. The molecule has 0 bridgehead atoms. The second-order valence-corrected chi connectivity index (χ2v) is 6.56. The van der Waals surface area contributed by atoms with Crippen LogP contribution in [0.5, 0.6) is 0 Å². The van der Waals surface area contributed by atoms with Gasteiger partial charge in [-0.1, -0.05) is 0 Å². The molecule has 0 amide bonds. The Hall–Kier alpha value is -1.04. The first-order chi connectivity index (χ1) is 9.65. The zero-order valence-electron chi connectivity index (χ0n) is 12.6. The Kier molecular flexibility index (Phi) is 8.34. The molecule has 0 fully saturated rings. The van der Waals surface area contributed by atoms with Gasteiger partial charge in [-0.05, 0) is 0 Å². The maximum atomic E-state index is 11.0. The molecule has 0 aliphatic rings. The first kappa shape index (κ1) is 17.0. The summed E-state index contributed by atoms with van der Waals surface area (Å²) in [5.74, 6) is -0.167. The summed E-state index contributed by atoms with van der Waals surface area (Å²) in [6.45, 7) is 5.77. The molecule has 3 heteroatoms. The number of hydrogen-bond donors (Lipinski definition) is 0. The van der Waals surface area contributed by atoms with Crippen molar-refractivity contribution in [3.8, 4) is 0 Å². The number of rotatable bonds is 8. The van der Waals surface area contributed by atoms with E-state index in [9.17, 15) is 4.79 Å². The molecular weight excluding hydrogens is 288 g/mol. The molecule has 0 N–H and O–H groups in total. The van der Waals surface area contributed by atoms with Gasteiger partial charge in [0.2, 0.25) is 0 Å². The van der Waals surface area contributed by atoms with Gasteiger partial charge in [0.05, 0.1) is 0 Å². The zero-order chi connectivity index (χ0) is 14.8. The van der Waals surface area contributed by atoms with E-state index in [1.165, 1.54) is 16.9 Å². The Morgan fingerprint density at radius 3 is 2.55 bits per heavy atom. The van der Waals surface area contributed by atoms with Gasteiger partial charge < -0.3 is 0 Å². The Bertz CT molecular complexity index is 426. The number of allylic oxidation sites excluding steroid dienone is 1. The summed E-state index contributed by atoms with van der Waals surface area (Å²) < 4.78 is 6.80.